The van der Waals surface area contributed by atoms with E-state index in [1.54, 1.807) is 17.4 Å². The molecule has 1 saturated carbocycles. The van der Waals surface area contributed by atoms with Gasteiger partial charge in [-0.15, -0.1) is 11.3 Å². The van der Waals surface area contributed by atoms with Gasteiger partial charge in [0.25, 0.3) is 0 Å². The van der Waals surface area contributed by atoms with Crippen molar-refractivity contribution in [1.29, 1.82) is 0 Å². The smallest absolute Gasteiger partial charge is 0.137 e. The van der Waals surface area contributed by atoms with Crippen LogP contribution in [0.2, 0.25) is 0 Å². The highest BCUT2D eigenvalue weighted by atomic mass is 79.9. The Morgan fingerprint density at radius 3 is 2.72 bits per heavy atom. The number of hydrogen-bond acceptors (Lipinski definition) is 2. The third kappa shape index (κ3) is 2.37. The highest BCUT2D eigenvalue weighted by molar-refractivity contribution is 9.10. The lowest BCUT2D eigenvalue weighted by Gasteiger charge is -2.06. The van der Waals surface area contributed by atoms with Gasteiger partial charge in [-0.1, -0.05) is 6.07 Å². The fraction of sp³-hybridized carbons (Fsp3) is 0.286. The van der Waals surface area contributed by atoms with Crippen LogP contribution in [0, 0.1) is 11.7 Å². The van der Waals surface area contributed by atoms with E-state index < -0.39 is 0 Å². The molecule has 2 aromatic rings. The summed E-state index contributed by atoms with van der Waals surface area (Å²) in [6, 6.07) is 9.45. The number of thiophene rings is 1. The average Bonchev–Trinajstić information content (AvgIpc) is 3.09. The van der Waals surface area contributed by atoms with Gasteiger partial charge in [0, 0.05) is 15.8 Å². The maximum absolute atomic E-state index is 13.2. The molecule has 4 heteroatoms. The summed E-state index contributed by atoms with van der Waals surface area (Å²) in [5.41, 5.74) is 7.22. The zero-order valence-corrected chi connectivity index (χ0v) is 12.1. The van der Waals surface area contributed by atoms with Crippen LogP contribution < -0.4 is 5.73 Å². The third-order valence-electron chi connectivity index (χ3n) is 3.29. The Bertz CT molecular complexity index is 577. The third-order valence-corrected chi connectivity index (χ3v) is 5.13. The van der Waals surface area contributed by atoms with Gasteiger partial charge in [0.05, 0.1) is 4.47 Å². The van der Waals surface area contributed by atoms with Crippen molar-refractivity contribution < 1.29 is 4.39 Å². The molecule has 1 atom stereocenters. The fourth-order valence-electron chi connectivity index (χ4n) is 2.02. The minimum atomic E-state index is -0.231. The second-order valence-electron chi connectivity index (χ2n) is 4.69. The lowest BCUT2D eigenvalue weighted by atomic mass is 10.1. The van der Waals surface area contributed by atoms with Gasteiger partial charge >= 0.3 is 0 Å². The molecule has 1 aliphatic rings. The van der Waals surface area contributed by atoms with E-state index in [0.717, 1.165) is 10.4 Å². The normalized spacial score (nSPS) is 16.8. The van der Waals surface area contributed by atoms with Gasteiger partial charge in [0.15, 0.2) is 0 Å². The van der Waals surface area contributed by atoms with E-state index in [0.29, 0.717) is 10.4 Å². The molecule has 3 rings (SSSR count). The van der Waals surface area contributed by atoms with Crippen molar-refractivity contribution in [3.8, 4) is 10.4 Å². The molecule has 0 radical (unpaired) electrons. The first kappa shape index (κ1) is 12.3. The van der Waals surface area contributed by atoms with Crippen LogP contribution in [-0.2, 0) is 0 Å². The number of halogens is 2. The summed E-state index contributed by atoms with van der Waals surface area (Å²) < 4.78 is 13.7. The highest BCUT2D eigenvalue weighted by Crippen LogP contribution is 2.43. The fourth-order valence-corrected chi connectivity index (χ4v) is 3.50. The van der Waals surface area contributed by atoms with Gasteiger partial charge in [-0.3, -0.25) is 0 Å². The Morgan fingerprint density at radius 1 is 1.28 bits per heavy atom. The first-order chi connectivity index (χ1) is 8.65. The molecule has 94 valence electrons. The topological polar surface area (TPSA) is 26.0 Å². The molecule has 0 spiro atoms. The van der Waals surface area contributed by atoms with Crippen molar-refractivity contribution in [2.75, 3.05) is 0 Å². The van der Waals surface area contributed by atoms with E-state index in [9.17, 15) is 4.39 Å². The van der Waals surface area contributed by atoms with Gasteiger partial charge in [0.2, 0.25) is 0 Å². The van der Waals surface area contributed by atoms with E-state index in [1.807, 2.05) is 6.07 Å². The van der Waals surface area contributed by atoms with Crippen LogP contribution >= 0.6 is 27.3 Å². The number of nitrogens with two attached hydrogens (primary N) is 1. The molecule has 0 bridgehead atoms. The van der Waals surface area contributed by atoms with Crippen molar-refractivity contribution in [2.24, 2.45) is 11.7 Å². The second kappa shape index (κ2) is 4.76. The van der Waals surface area contributed by atoms with Crippen molar-refractivity contribution in [2.45, 2.75) is 18.9 Å². The molecular weight excluding hydrogens is 313 g/mol. The summed E-state index contributed by atoms with van der Waals surface area (Å²) in [6.45, 7) is 0. The van der Waals surface area contributed by atoms with Crippen molar-refractivity contribution >= 4 is 27.3 Å². The minimum Gasteiger partial charge on any atom is -0.323 e. The maximum atomic E-state index is 13.2. The molecule has 1 aromatic carbocycles. The first-order valence-electron chi connectivity index (χ1n) is 5.96. The number of benzene rings is 1. The minimum absolute atomic E-state index is 0.174. The van der Waals surface area contributed by atoms with Gasteiger partial charge in [0.1, 0.15) is 5.82 Å². The van der Waals surface area contributed by atoms with Gasteiger partial charge in [-0.25, -0.2) is 4.39 Å². The Balaban J connectivity index is 1.89. The van der Waals surface area contributed by atoms with Crippen molar-refractivity contribution in [3.05, 3.63) is 45.5 Å². The molecule has 1 unspecified atom stereocenters. The quantitative estimate of drug-likeness (QED) is 0.867. The van der Waals surface area contributed by atoms with E-state index >= 15 is 0 Å². The van der Waals surface area contributed by atoms with E-state index in [2.05, 4.69) is 28.1 Å². The largest absolute Gasteiger partial charge is 0.323 e. The van der Waals surface area contributed by atoms with Crippen LogP contribution in [0.5, 0.6) is 0 Å². The standard InChI is InChI=1S/C14H13BrFNS/c15-10-7-9(3-4-11(10)16)12-5-6-13(18-12)14(17)8-1-2-8/h3-8,14H,1-2,17H2. The Morgan fingerprint density at radius 2 is 2.06 bits per heavy atom. The summed E-state index contributed by atoms with van der Waals surface area (Å²) in [5.74, 6) is 0.432. The second-order valence-corrected chi connectivity index (χ2v) is 6.66. The van der Waals surface area contributed by atoms with Crippen LogP contribution in [-0.4, -0.2) is 0 Å². The molecular formula is C14H13BrFNS. The molecule has 0 saturated heterocycles. The highest BCUT2D eigenvalue weighted by Gasteiger charge is 2.30. The zero-order valence-electron chi connectivity index (χ0n) is 9.70. The van der Waals surface area contributed by atoms with Crippen LogP contribution in [0.25, 0.3) is 10.4 Å². The molecule has 0 aliphatic heterocycles. The monoisotopic (exact) mass is 325 g/mol. The van der Waals surface area contributed by atoms with E-state index in [1.165, 1.54) is 23.8 Å². The van der Waals surface area contributed by atoms with Gasteiger partial charge in [-0.2, -0.15) is 0 Å². The Hall–Kier alpha value is -0.710. The summed E-state index contributed by atoms with van der Waals surface area (Å²) in [7, 11) is 0. The van der Waals surface area contributed by atoms with E-state index in [-0.39, 0.29) is 11.9 Å². The maximum Gasteiger partial charge on any atom is 0.137 e. The summed E-state index contributed by atoms with van der Waals surface area (Å²) in [4.78, 5) is 2.37. The molecule has 1 nitrogen and oxygen atoms in total. The predicted molar refractivity (Wildman–Crippen MR) is 77.1 cm³/mol. The lowest BCUT2D eigenvalue weighted by molar-refractivity contribution is 0.621. The zero-order chi connectivity index (χ0) is 12.7. The molecule has 0 amide bonds. The summed E-state index contributed by atoms with van der Waals surface area (Å²) in [5, 5.41) is 0. The van der Waals surface area contributed by atoms with Crippen molar-refractivity contribution in [3.63, 3.8) is 0 Å². The molecule has 1 fully saturated rings. The van der Waals surface area contributed by atoms with Gasteiger partial charge in [-0.05, 0) is 64.5 Å². The van der Waals surface area contributed by atoms with Crippen LogP contribution in [0.15, 0.2) is 34.8 Å². The van der Waals surface area contributed by atoms with Crippen LogP contribution in [0.3, 0.4) is 0 Å². The molecule has 1 aliphatic carbocycles. The molecule has 1 aromatic heterocycles. The number of hydrogen-bond donors (Lipinski definition) is 1. The predicted octanol–water partition coefficient (Wildman–Crippen LogP) is 4.73. The Labute approximate surface area is 118 Å². The van der Waals surface area contributed by atoms with Gasteiger partial charge < -0.3 is 5.73 Å². The average molecular weight is 326 g/mol. The van der Waals surface area contributed by atoms with Crippen LogP contribution in [0.4, 0.5) is 4.39 Å². The summed E-state index contributed by atoms with van der Waals surface area (Å²) >= 11 is 4.93. The lowest BCUT2D eigenvalue weighted by Crippen LogP contribution is -2.10. The molecule has 18 heavy (non-hydrogen) atoms. The number of rotatable bonds is 3. The molecule has 2 N–H and O–H groups in total. The van der Waals surface area contributed by atoms with Crippen LogP contribution in [0.1, 0.15) is 23.8 Å². The summed E-state index contributed by atoms with van der Waals surface area (Å²) in [6.07, 6.45) is 2.49. The van der Waals surface area contributed by atoms with E-state index in [4.69, 9.17) is 5.73 Å². The Kier molecular flexibility index (Phi) is 3.26. The first-order valence-corrected chi connectivity index (χ1v) is 7.57. The van der Waals surface area contributed by atoms with Crippen molar-refractivity contribution in [1.82, 2.24) is 0 Å². The SMILES string of the molecule is NC(c1ccc(-c2ccc(F)c(Br)c2)s1)C1CC1. The molecule has 1 heterocycles.